The number of carbonyl (C=O) groups is 1. The van der Waals surface area contributed by atoms with Crippen molar-refractivity contribution in [3.8, 4) is 10.7 Å². The van der Waals surface area contributed by atoms with Gasteiger partial charge in [-0.25, -0.2) is 15.0 Å². The molecule has 2 aliphatic rings. The molecule has 2 aromatic rings. The van der Waals surface area contributed by atoms with E-state index in [0.717, 1.165) is 46.8 Å². The Bertz CT molecular complexity index is 1050. The van der Waals surface area contributed by atoms with E-state index >= 15 is 0 Å². The Morgan fingerprint density at radius 2 is 2.13 bits per heavy atom. The number of ketones is 1. The van der Waals surface area contributed by atoms with E-state index in [4.69, 9.17) is 9.97 Å². The topological polar surface area (TPSA) is 55.7 Å². The molecule has 1 saturated carbocycles. The second kappa shape index (κ2) is 8.03. The Labute approximate surface area is 182 Å². The maximum atomic E-state index is 12.5. The zero-order valence-electron chi connectivity index (χ0n) is 18.2. The summed E-state index contributed by atoms with van der Waals surface area (Å²) in [6, 6.07) is 0. The van der Waals surface area contributed by atoms with Crippen molar-refractivity contribution < 1.29 is 4.79 Å². The van der Waals surface area contributed by atoms with Gasteiger partial charge >= 0.3 is 0 Å². The first-order valence-corrected chi connectivity index (χ1v) is 11.6. The highest BCUT2D eigenvalue weighted by Crippen LogP contribution is 2.52. The van der Waals surface area contributed by atoms with Crippen LogP contribution in [0, 0.1) is 11.8 Å². The van der Waals surface area contributed by atoms with E-state index in [1.54, 1.807) is 11.3 Å². The standard InChI is InChI=1S/C25H29N3OS/c1-6-8-15(3)17(7-2)23-27-21(24-26-13-14-30-24)18-9-10-19-16(4)20(29)11-12-25(19,5)22(18)28-23/h6-8,13-14,16,19H,2,9-12H2,1,3-5H3/b8-6-,17-15-/t16-,19-,25-/m1/s1. The molecular weight excluding hydrogens is 390 g/mol. The fourth-order valence-corrected chi connectivity index (χ4v) is 5.99. The number of fused-ring (bicyclic) bond motifs is 3. The van der Waals surface area contributed by atoms with E-state index in [-0.39, 0.29) is 11.3 Å². The largest absolute Gasteiger partial charge is 0.299 e. The van der Waals surface area contributed by atoms with Crippen LogP contribution in [0.25, 0.3) is 16.3 Å². The van der Waals surface area contributed by atoms with Gasteiger partial charge in [0.2, 0.25) is 0 Å². The number of thiazole rings is 1. The minimum absolute atomic E-state index is 0.0813. The summed E-state index contributed by atoms with van der Waals surface area (Å²) in [6.45, 7) is 12.5. The van der Waals surface area contributed by atoms with Gasteiger partial charge in [-0.2, -0.15) is 0 Å². The van der Waals surface area contributed by atoms with Gasteiger partial charge in [0.25, 0.3) is 0 Å². The molecule has 0 saturated heterocycles. The van der Waals surface area contributed by atoms with Crippen LogP contribution in [-0.2, 0) is 16.6 Å². The molecule has 0 amide bonds. The van der Waals surface area contributed by atoms with Crippen molar-refractivity contribution >= 4 is 22.7 Å². The molecule has 0 unspecified atom stereocenters. The Balaban J connectivity index is 1.98. The molecule has 156 valence electrons. The Hall–Kier alpha value is -2.40. The fourth-order valence-electron chi connectivity index (χ4n) is 5.33. The highest BCUT2D eigenvalue weighted by molar-refractivity contribution is 7.13. The molecule has 5 heteroatoms. The van der Waals surface area contributed by atoms with Crippen molar-refractivity contribution in [3.63, 3.8) is 0 Å². The highest BCUT2D eigenvalue weighted by Gasteiger charge is 2.49. The third kappa shape index (κ3) is 3.29. The van der Waals surface area contributed by atoms with Gasteiger partial charge in [-0.1, -0.05) is 38.7 Å². The van der Waals surface area contributed by atoms with E-state index in [1.807, 2.05) is 30.7 Å². The molecule has 3 atom stereocenters. The van der Waals surface area contributed by atoms with Crippen molar-refractivity contribution in [2.75, 3.05) is 0 Å². The first kappa shape index (κ1) is 20.9. The summed E-state index contributed by atoms with van der Waals surface area (Å²) in [7, 11) is 0. The van der Waals surface area contributed by atoms with Crippen molar-refractivity contribution in [2.45, 2.75) is 58.8 Å². The molecule has 1 fully saturated rings. The SMILES string of the molecule is C=C/C(=C(C)/C=C\C)c1nc(-c2nccs2)c2c(n1)[C@]1(C)CCC(=O)[C@H](C)[C@H]1CC2. The molecule has 2 aromatic heterocycles. The first-order chi connectivity index (χ1) is 14.4. The molecule has 0 bridgehead atoms. The Kier molecular flexibility index (Phi) is 5.58. The Morgan fingerprint density at radius 1 is 1.33 bits per heavy atom. The van der Waals surface area contributed by atoms with E-state index in [1.165, 1.54) is 5.56 Å². The van der Waals surface area contributed by atoms with Crippen molar-refractivity contribution in [1.82, 2.24) is 15.0 Å². The van der Waals surface area contributed by atoms with Crippen LogP contribution in [0.1, 0.15) is 64.0 Å². The van der Waals surface area contributed by atoms with E-state index in [2.05, 4.69) is 38.4 Å². The van der Waals surface area contributed by atoms with Gasteiger partial charge in [-0.15, -0.1) is 11.3 Å². The van der Waals surface area contributed by atoms with Crippen LogP contribution in [0.4, 0.5) is 0 Å². The van der Waals surface area contributed by atoms with Gasteiger partial charge in [0.15, 0.2) is 5.82 Å². The van der Waals surface area contributed by atoms with Crippen LogP contribution >= 0.6 is 11.3 Å². The summed E-state index contributed by atoms with van der Waals surface area (Å²) >= 11 is 1.61. The van der Waals surface area contributed by atoms with Crippen molar-refractivity contribution in [2.24, 2.45) is 11.8 Å². The molecule has 2 aliphatic carbocycles. The maximum absolute atomic E-state index is 12.5. The van der Waals surface area contributed by atoms with Gasteiger partial charge in [0.05, 0.1) is 5.69 Å². The van der Waals surface area contributed by atoms with Crippen LogP contribution < -0.4 is 0 Å². The number of carbonyl (C=O) groups excluding carboxylic acids is 1. The lowest BCUT2D eigenvalue weighted by atomic mass is 9.56. The second-order valence-corrected chi connectivity index (χ2v) is 9.57. The number of hydrogen-bond donors (Lipinski definition) is 0. The maximum Gasteiger partial charge on any atom is 0.160 e. The molecule has 4 nitrogen and oxygen atoms in total. The number of allylic oxidation sites excluding steroid dienone is 5. The average Bonchev–Trinajstić information content (AvgIpc) is 3.26. The first-order valence-electron chi connectivity index (χ1n) is 10.7. The molecule has 0 aliphatic heterocycles. The number of rotatable bonds is 4. The number of hydrogen-bond acceptors (Lipinski definition) is 5. The normalized spacial score (nSPS) is 26.9. The fraction of sp³-hybridized carbons (Fsp3) is 0.440. The smallest absolute Gasteiger partial charge is 0.160 e. The van der Waals surface area contributed by atoms with E-state index < -0.39 is 0 Å². The monoisotopic (exact) mass is 419 g/mol. The molecule has 0 aromatic carbocycles. The molecule has 0 spiro atoms. The molecule has 2 heterocycles. The van der Waals surface area contributed by atoms with Crippen LogP contribution in [0.15, 0.2) is 42.0 Å². The third-order valence-corrected chi connectivity index (χ3v) is 7.78. The molecule has 30 heavy (non-hydrogen) atoms. The minimum Gasteiger partial charge on any atom is -0.299 e. The summed E-state index contributed by atoms with van der Waals surface area (Å²) in [4.78, 5) is 27.2. The summed E-state index contributed by atoms with van der Waals surface area (Å²) in [5.74, 6) is 1.51. The molecule has 0 N–H and O–H groups in total. The number of aromatic nitrogens is 3. The predicted octanol–water partition coefficient (Wildman–Crippen LogP) is 5.95. The lowest BCUT2D eigenvalue weighted by Crippen LogP contribution is -2.47. The number of Topliss-reactive ketones (excluding diaryl/α,β-unsaturated/α-hetero) is 1. The quantitative estimate of drug-likeness (QED) is 0.574. The summed E-state index contributed by atoms with van der Waals surface area (Å²) in [5.41, 5.74) is 5.18. The molecule has 4 rings (SSSR count). The highest BCUT2D eigenvalue weighted by atomic mass is 32.1. The van der Waals surface area contributed by atoms with E-state index in [0.29, 0.717) is 23.9 Å². The summed E-state index contributed by atoms with van der Waals surface area (Å²) < 4.78 is 0. The van der Waals surface area contributed by atoms with Gasteiger partial charge in [-0.05, 0) is 44.6 Å². The molecular formula is C25H29N3OS. The van der Waals surface area contributed by atoms with Gasteiger partial charge < -0.3 is 0 Å². The van der Waals surface area contributed by atoms with Crippen LogP contribution in [0.3, 0.4) is 0 Å². The third-order valence-electron chi connectivity index (χ3n) is 7.00. The summed E-state index contributed by atoms with van der Waals surface area (Å²) in [6.07, 6.45) is 11.1. The lowest BCUT2D eigenvalue weighted by Gasteiger charge is -2.48. The average molecular weight is 420 g/mol. The van der Waals surface area contributed by atoms with Crippen molar-refractivity contribution in [1.29, 1.82) is 0 Å². The lowest BCUT2D eigenvalue weighted by molar-refractivity contribution is -0.128. The Morgan fingerprint density at radius 3 is 2.80 bits per heavy atom. The summed E-state index contributed by atoms with van der Waals surface area (Å²) in [5, 5.41) is 2.93. The predicted molar refractivity (Wildman–Crippen MR) is 123 cm³/mol. The van der Waals surface area contributed by atoms with Crippen LogP contribution in [0.5, 0.6) is 0 Å². The van der Waals surface area contributed by atoms with Gasteiger partial charge in [0, 0.05) is 40.5 Å². The van der Waals surface area contributed by atoms with Crippen LogP contribution in [0.2, 0.25) is 0 Å². The zero-order valence-corrected chi connectivity index (χ0v) is 19.1. The number of nitrogens with zero attached hydrogens (tertiary/aromatic N) is 3. The minimum atomic E-state index is -0.120. The van der Waals surface area contributed by atoms with E-state index in [9.17, 15) is 4.79 Å². The molecule has 0 radical (unpaired) electrons. The zero-order chi connectivity index (χ0) is 21.5. The van der Waals surface area contributed by atoms with Gasteiger partial charge in [0.1, 0.15) is 16.5 Å². The second-order valence-electron chi connectivity index (χ2n) is 8.68. The van der Waals surface area contributed by atoms with Gasteiger partial charge in [-0.3, -0.25) is 4.79 Å². The van der Waals surface area contributed by atoms with Crippen LogP contribution in [-0.4, -0.2) is 20.7 Å². The van der Waals surface area contributed by atoms with Crippen molar-refractivity contribution in [3.05, 3.63) is 59.0 Å².